The van der Waals surface area contributed by atoms with E-state index in [9.17, 15) is 13.6 Å². The summed E-state index contributed by atoms with van der Waals surface area (Å²) in [5, 5.41) is 5.37. The molecule has 0 aliphatic rings. The first-order valence-corrected chi connectivity index (χ1v) is 7.64. The molecule has 0 heterocycles. The molecule has 3 nitrogen and oxygen atoms in total. The first-order valence-electron chi connectivity index (χ1n) is 6.38. The van der Waals surface area contributed by atoms with Crippen molar-refractivity contribution in [1.82, 2.24) is 5.32 Å². The highest BCUT2D eigenvalue weighted by atomic mass is 35.5. The lowest BCUT2D eigenvalue weighted by molar-refractivity contribution is 0.250. The number of benzene rings is 2. The zero-order valence-corrected chi connectivity index (χ0v) is 12.9. The normalized spacial score (nSPS) is 10.5. The molecule has 0 saturated carbocycles. The average Bonchev–Trinajstić information content (AvgIpc) is 2.49. The third-order valence-electron chi connectivity index (χ3n) is 2.72. The van der Waals surface area contributed by atoms with E-state index in [0.717, 1.165) is 5.56 Å². The van der Waals surface area contributed by atoms with Gasteiger partial charge in [0.15, 0.2) is 0 Å². The lowest BCUT2D eigenvalue weighted by Gasteiger charge is -2.12. The van der Waals surface area contributed by atoms with Crippen molar-refractivity contribution in [3.8, 4) is 0 Å². The first kappa shape index (κ1) is 16.6. The van der Waals surface area contributed by atoms with E-state index in [0.29, 0.717) is 18.3 Å². The fraction of sp³-hybridized carbons (Fsp3) is 0.133. The Morgan fingerprint density at radius 1 is 1.14 bits per heavy atom. The van der Waals surface area contributed by atoms with Crippen molar-refractivity contribution in [1.29, 1.82) is 0 Å². The molecule has 7 heteroatoms. The highest BCUT2D eigenvalue weighted by molar-refractivity contribution is 7.99. The van der Waals surface area contributed by atoms with Gasteiger partial charge >= 0.3 is 6.03 Å². The minimum absolute atomic E-state index is 0.147. The van der Waals surface area contributed by atoms with Crippen LogP contribution in [0.25, 0.3) is 0 Å². The van der Waals surface area contributed by atoms with Gasteiger partial charge in [0.2, 0.25) is 0 Å². The molecular formula is C15H13ClF2N2OS. The molecule has 0 aliphatic carbocycles. The summed E-state index contributed by atoms with van der Waals surface area (Å²) in [7, 11) is 0. The summed E-state index contributed by atoms with van der Waals surface area (Å²) in [6, 6.07) is 13.5. The number of nitrogens with one attached hydrogen (secondary N) is 2. The maximum atomic E-state index is 12.6. The Labute approximate surface area is 136 Å². The van der Waals surface area contributed by atoms with Gasteiger partial charge in [-0.1, -0.05) is 59.8 Å². The number of hydrogen-bond acceptors (Lipinski definition) is 2. The Hall–Kier alpha value is -1.79. The van der Waals surface area contributed by atoms with Gasteiger partial charge < -0.3 is 10.6 Å². The minimum atomic E-state index is -2.62. The second kappa shape index (κ2) is 8.00. The van der Waals surface area contributed by atoms with Gasteiger partial charge in [-0.05, 0) is 17.7 Å². The summed E-state index contributed by atoms with van der Waals surface area (Å²) in [6.07, 6.45) is 0. The zero-order valence-electron chi connectivity index (χ0n) is 11.4. The van der Waals surface area contributed by atoms with Crippen LogP contribution in [0.4, 0.5) is 19.3 Å². The Bertz CT molecular complexity index is 641. The molecule has 2 aromatic carbocycles. The Morgan fingerprint density at radius 2 is 1.86 bits per heavy atom. The maximum absolute atomic E-state index is 12.6. The molecule has 0 aliphatic heterocycles. The predicted octanol–water partition coefficient (Wildman–Crippen LogP) is 4.98. The van der Waals surface area contributed by atoms with E-state index in [1.54, 1.807) is 6.07 Å². The highest BCUT2D eigenvalue weighted by Crippen LogP contribution is 2.37. The van der Waals surface area contributed by atoms with Crippen molar-refractivity contribution in [2.45, 2.75) is 17.2 Å². The number of carbonyl (C=O) groups excluding carboxylic acids is 1. The molecular weight excluding hydrogens is 330 g/mol. The molecule has 0 aromatic heterocycles. The smallest absolute Gasteiger partial charge is 0.319 e. The molecule has 0 spiro atoms. The Morgan fingerprint density at radius 3 is 2.55 bits per heavy atom. The van der Waals surface area contributed by atoms with Crippen LogP contribution in [-0.2, 0) is 6.54 Å². The van der Waals surface area contributed by atoms with E-state index in [1.807, 2.05) is 30.3 Å². The van der Waals surface area contributed by atoms with E-state index in [1.165, 1.54) is 12.1 Å². The summed E-state index contributed by atoms with van der Waals surface area (Å²) >= 11 is 6.20. The lowest BCUT2D eigenvalue weighted by atomic mass is 10.2. The summed E-state index contributed by atoms with van der Waals surface area (Å²) in [5.41, 5.74) is 1.19. The summed E-state index contributed by atoms with van der Waals surface area (Å²) in [4.78, 5) is 12.0. The fourth-order valence-electron chi connectivity index (χ4n) is 1.76. The quantitative estimate of drug-likeness (QED) is 0.753. The van der Waals surface area contributed by atoms with Crippen molar-refractivity contribution >= 4 is 35.1 Å². The van der Waals surface area contributed by atoms with E-state index >= 15 is 0 Å². The van der Waals surface area contributed by atoms with Crippen molar-refractivity contribution < 1.29 is 13.6 Å². The number of halogens is 3. The second-order valence-corrected chi connectivity index (χ2v) is 5.70. The number of thioether (sulfide) groups is 1. The Balaban J connectivity index is 2.00. The molecule has 2 aromatic rings. The third kappa shape index (κ3) is 4.89. The molecule has 2 amide bonds. The van der Waals surface area contributed by atoms with Gasteiger partial charge in [0.1, 0.15) is 0 Å². The molecule has 0 unspecified atom stereocenters. The lowest BCUT2D eigenvalue weighted by Crippen LogP contribution is -2.28. The standard InChI is InChI=1S/C15H13ClF2N2OS/c16-11-7-4-8-12(13(11)22-14(17)18)20-15(21)19-9-10-5-2-1-3-6-10/h1-8,14H,9H2,(H2,19,20,21). The molecule has 0 fully saturated rings. The number of hydrogen-bond donors (Lipinski definition) is 2. The van der Waals surface area contributed by atoms with Gasteiger partial charge in [-0.3, -0.25) is 0 Å². The maximum Gasteiger partial charge on any atom is 0.319 e. The fourth-order valence-corrected chi connectivity index (χ4v) is 2.67. The number of alkyl halides is 2. The number of carbonyl (C=O) groups is 1. The van der Waals surface area contributed by atoms with Crippen LogP contribution in [0.5, 0.6) is 0 Å². The molecule has 0 radical (unpaired) electrons. The van der Waals surface area contributed by atoms with Crippen LogP contribution in [0.2, 0.25) is 5.02 Å². The number of rotatable bonds is 5. The van der Waals surface area contributed by atoms with E-state index < -0.39 is 11.8 Å². The van der Waals surface area contributed by atoms with Gasteiger partial charge in [-0.25, -0.2) is 4.79 Å². The minimum Gasteiger partial charge on any atom is -0.334 e. The van der Waals surface area contributed by atoms with Crippen molar-refractivity contribution in [3.05, 3.63) is 59.1 Å². The third-order valence-corrected chi connectivity index (χ3v) is 4.00. The molecule has 116 valence electrons. The van der Waals surface area contributed by atoms with Crippen LogP contribution in [0.1, 0.15) is 5.56 Å². The SMILES string of the molecule is O=C(NCc1ccccc1)Nc1cccc(Cl)c1SC(F)F. The monoisotopic (exact) mass is 342 g/mol. The van der Waals surface area contributed by atoms with Crippen molar-refractivity contribution in [3.63, 3.8) is 0 Å². The van der Waals surface area contributed by atoms with Crippen LogP contribution < -0.4 is 10.6 Å². The van der Waals surface area contributed by atoms with E-state index in [2.05, 4.69) is 10.6 Å². The van der Waals surface area contributed by atoms with Gasteiger partial charge in [0, 0.05) is 6.54 Å². The van der Waals surface area contributed by atoms with Crippen molar-refractivity contribution in [2.75, 3.05) is 5.32 Å². The largest absolute Gasteiger partial charge is 0.334 e. The van der Waals surface area contributed by atoms with Gasteiger partial charge in [0.05, 0.1) is 15.6 Å². The predicted molar refractivity (Wildman–Crippen MR) is 85.6 cm³/mol. The topological polar surface area (TPSA) is 41.1 Å². The van der Waals surface area contributed by atoms with E-state index in [-0.39, 0.29) is 15.6 Å². The molecule has 0 atom stereocenters. The molecule has 2 N–H and O–H groups in total. The highest BCUT2D eigenvalue weighted by Gasteiger charge is 2.15. The van der Waals surface area contributed by atoms with Crippen LogP contribution >= 0.6 is 23.4 Å². The number of urea groups is 1. The summed E-state index contributed by atoms with van der Waals surface area (Å²) in [6.45, 7) is 0.338. The summed E-state index contributed by atoms with van der Waals surface area (Å²) in [5.74, 6) is -2.62. The zero-order chi connectivity index (χ0) is 15.9. The molecule has 2 rings (SSSR count). The molecule has 0 bridgehead atoms. The average molecular weight is 343 g/mol. The molecule has 0 saturated heterocycles. The Kier molecular flexibility index (Phi) is 6.03. The van der Waals surface area contributed by atoms with Crippen molar-refractivity contribution in [2.24, 2.45) is 0 Å². The van der Waals surface area contributed by atoms with Crippen LogP contribution in [0.3, 0.4) is 0 Å². The molecule has 22 heavy (non-hydrogen) atoms. The number of anilines is 1. The number of amides is 2. The van der Waals surface area contributed by atoms with Crippen LogP contribution in [-0.4, -0.2) is 11.8 Å². The van der Waals surface area contributed by atoms with Crippen LogP contribution in [0, 0.1) is 0 Å². The van der Waals surface area contributed by atoms with Gasteiger partial charge in [0.25, 0.3) is 5.76 Å². The second-order valence-electron chi connectivity index (χ2n) is 4.29. The van der Waals surface area contributed by atoms with Gasteiger partial charge in [-0.2, -0.15) is 8.78 Å². The summed E-state index contributed by atoms with van der Waals surface area (Å²) < 4.78 is 25.1. The van der Waals surface area contributed by atoms with E-state index in [4.69, 9.17) is 11.6 Å². The first-order chi connectivity index (χ1) is 10.6. The van der Waals surface area contributed by atoms with Gasteiger partial charge in [-0.15, -0.1) is 0 Å². The van der Waals surface area contributed by atoms with Crippen LogP contribution in [0.15, 0.2) is 53.4 Å².